The number of fused-ring (bicyclic) bond motifs is 9. The average molecular weight is 429 g/mol. The van der Waals surface area contributed by atoms with Crippen LogP contribution in [0.5, 0.6) is 0 Å². The van der Waals surface area contributed by atoms with Crippen molar-refractivity contribution in [2.75, 3.05) is 0 Å². The van der Waals surface area contributed by atoms with Crippen molar-refractivity contribution < 1.29 is 0 Å². The summed E-state index contributed by atoms with van der Waals surface area (Å²) < 4.78 is 0. The molecule has 0 aliphatic heterocycles. The van der Waals surface area contributed by atoms with E-state index in [2.05, 4.69) is 109 Å². The van der Waals surface area contributed by atoms with Gasteiger partial charge in [-0.1, -0.05) is 97.1 Å². The van der Waals surface area contributed by atoms with Crippen LogP contribution < -0.4 is 10.4 Å². The molecule has 0 heterocycles. The molecule has 0 saturated heterocycles. The Hall–Kier alpha value is -4.16. The van der Waals surface area contributed by atoms with Gasteiger partial charge in [-0.25, -0.2) is 0 Å². The molecule has 0 aromatic heterocycles. The monoisotopic (exact) mass is 428 g/mol. The van der Waals surface area contributed by atoms with Gasteiger partial charge in [0.1, 0.15) is 0 Å². The van der Waals surface area contributed by atoms with Gasteiger partial charge in [-0.2, -0.15) is 0 Å². The fraction of sp³-hybridized carbons (Fsp3) is 0.0588. The third-order valence-electron chi connectivity index (χ3n) is 8.53. The minimum atomic E-state index is 0.358. The van der Waals surface area contributed by atoms with Gasteiger partial charge in [-0.15, -0.1) is 0 Å². The van der Waals surface area contributed by atoms with Crippen LogP contribution in [-0.2, 0) is 0 Å². The fourth-order valence-corrected chi connectivity index (χ4v) is 7.15. The average Bonchev–Trinajstić information content (AvgIpc) is 3.38. The van der Waals surface area contributed by atoms with Gasteiger partial charge >= 0.3 is 0 Å². The van der Waals surface area contributed by atoms with Crippen molar-refractivity contribution in [3.05, 3.63) is 130 Å². The summed E-state index contributed by atoms with van der Waals surface area (Å²) in [7, 11) is 0. The molecule has 0 N–H and O–H groups in total. The zero-order valence-corrected chi connectivity index (χ0v) is 18.5. The molecule has 9 rings (SSSR count). The van der Waals surface area contributed by atoms with Crippen LogP contribution in [0.4, 0.5) is 0 Å². The van der Waals surface area contributed by atoms with Gasteiger partial charge < -0.3 is 0 Å². The molecule has 0 bridgehead atoms. The Morgan fingerprint density at radius 1 is 0.618 bits per heavy atom. The van der Waals surface area contributed by atoms with Crippen LogP contribution in [0.3, 0.4) is 0 Å². The summed E-state index contributed by atoms with van der Waals surface area (Å²) in [5, 5.41) is 8.25. The van der Waals surface area contributed by atoms with Gasteiger partial charge in [0.05, 0.1) is 0 Å². The molecule has 5 aliphatic rings. The van der Waals surface area contributed by atoms with Crippen molar-refractivity contribution in [3.63, 3.8) is 0 Å². The van der Waals surface area contributed by atoms with Crippen LogP contribution in [0.15, 0.2) is 119 Å². The summed E-state index contributed by atoms with van der Waals surface area (Å²) in [6, 6.07) is 22.8. The van der Waals surface area contributed by atoms with E-state index >= 15 is 0 Å². The highest BCUT2D eigenvalue weighted by atomic mass is 14.4. The number of benzene rings is 4. The first kappa shape index (κ1) is 17.3. The quantitative estimate of drug-likeness (QED) is 0.239. The molecule has 156 valence electrons. The van der Waals surface area contributed by atoms with E-state index in [0.717, 1.165) is 0 Å². The van der Waals surface area contributed by atoms with Crippen molar-refractivity contribution >= 4 is 33.7 Å². The summed E-state index contributed by atoms with van der Waals surface area (Å²) in [6.07, 6.45) is 18.7. The third-order valence-corrected chi connectivity index (χ3v) is 8.53. The van der Waals surface area contributed by atoms with Crippen LogP contribution >= 0.6 is 0 Å². The first-order chi connectivity index (χ1) is 16.9. The van der Waals surface area contributed by atoms with E-state index < -0.39 is 0 Å². The Kier molecular flexibility index (Phi) is 2.98. The van der Waals surface area contributed by atoms with E-state index in [-0.39, 0.29) is 0 Å². The summed E-state index contributed by atoms with van der Waals surface area (Å²) in [4.78, 5) is 0. The topological polar surface area (TPSA) is 0 Å². The summed E-state index contributed by atoms with van der Waals surface area (Å²) in [5.74, 6) is 0.785. The molecule has 0 spiro atoms. The SMILES string of the molecule is C1=CC2=CC=CC3=C4C=c5ccc6c(cc7c8c(cccc86)-c6ccccc6-7)c5=CC4C(=C1)C23. The Morgan fingerprint density at radius 2 is 1.47 bits per heavy atom. The van der Waals surface area contributed by atoms with Crippen molar-refractivity contribution in [1.82, 2.24) is 0 Å². The Labute approximate surface area is 197 Å². The first-order valence-electron chi connectivity index (χ1n) is 12.2. The van der Waals surface area contributed by atoms with Gasteiger partial charge in [-0.05, 0) is 88.7 Å². The third kappa shape index (κ3) is 1.93. The van der Waals surface area contributed by atoms with Crippen LogP contribution in [0.1, 0.15) is 0 Å². The second-order valence-corrected chi connectivity index (χ2v) is 10.0. The van der Waals surface area contributed by atoms with Crippen molar-refractivity contribution in [3.8, 4) is 22.3 Å². The number of allylic oxidation sites excluding steroid dienone is 10. The smallest absolute Gasteiger partial charge is 0.0314 e. The maximum absolute atomic E-state index is 2.55. The van der Waals surface area contributed by atoms with Crippen LogP contribution in [-0.4, -0.2) is 0 Å². The van der Waals surface area contributed by atoms with Gasteiger partial charge in [0, 0.05) is 11.8 Å². The van der Waals surface area contributed by atoms with Crippen molar-refractivity contribution in [2.24, 2.45) is 11.8 Å². The largest absolute Gasteiger partial charge is 0.0644 e. The van der Waals surface area contributed by atoms with E-state index in [1.165, 1.54) is 76.5 Å². The molecule has 34 heavy (non-hydrogen) atoms. The molecule has 5 aliphatic carbocycles. The van der Waals surface area contributed by atoms with Crippen LogP contribution in [0, 0.1) is 11.8 Å². The molecule has 0 heteroatoms. The van der Waals surface area contributed by atoms with E-state index in [4.69, 9.17) is 0 Å². The molecule has 0 nitrogen and oxygen atoms in total. The second kappa shape index (κ2) is 5.85. The number of hydrogen-bond acceptors (Lipinski definition) is 0. The lowest BCUT2D eigenvalue weighted by molar-refractivity contribution is 0.842. The summed E-state index contributed by atoms with van der Waals surface area (Å²) >= 11 is 0. The molecule has 0 fully saturated rings. The van der Waals surface area contributed by atoms with Gasteiger partial charge in [0.15, 0.2) is 0 Å². The lowest BCUT2D eigenvalue weighted by Crippen LogP contribution is -2.30. The fourth-order valence-electron chi connectivity index (χ4n) is 7.15. The summed E-state index contributed by atoms with van der Waals surface area (Å²) in [6.45, 7) is 0. The van der Waals surface area contributed by atoms with Crippen molar-refractivity contribution in [2.45, 2.75) is 0 Å². The molecular weight excluding hydrogens is 408 g/mol. The lowest BCUT2D eigenvalue weighted by Gasteiger charge is -2.23. The Bertz CT molecular complexity index is 1950. The molecule has 2 atom stereocenters. The maximum atomic E-state index is 2.55. The molecule has 0 saturated carbocycles. The van der Waals surface area contributed by atoms with Gasteiger partial charge in [0.25, 0.3) is 0 Å². The Balaban J connectivity index is 1.41. The maximum Gasteiger partial charge on any atom is 0.0314 e. The predicted octanol–water partition coefficient (Wildman–Crippen LogP) is 6.75. The normalized spacial score (nSPS) is 22.0. The minimum absolute atomic E-state index is 0.358. The second-order valence-electron chi connectivity index (χ2n) is 10.0. The highest BCUT2D eigenvalue weighted by Crippen LogP contribution is 2.51. The zero-order chi connectivity index (χ0) is 22.0. The molecule has 0 radical (unpaired) electrons. The Morgan fingerprint density at radius 3 is 2.41 bits per heavy atom. The number of rotatable bonds is 0. The first-order valence-corrected chi connectivity index (χ1v) is 12.2. The van der Waals surface area contributed by atoms with Gasteiger partial charge in [-0.3, -0.25) is 0 Å². The molecular formula is C34H20. The number of hydrogen-bond donors (Lipinski definition) is 0. The lowest BCUT2D eigenvalue weighted by atomic mass is 9.80. The molecule has 2 unspecified atom stereocenters. The van der Waals surface area contributed by atoms with E-state index in [9.17, 15) is 0 Å². The van der Waals surface area contributed by atoms with Crippen LogP contribution in [0.25, 0.3) is 56.0 Å². The van der Waals surface area contributed by atoms with E-state index in [0.29, 0.717) is 11.8 Å². The highest BCUT2D eigenvalue weighted by Gasteiger charge is 2.38. The minimum Gasteiger partial charge on any atom is -0.0644 e. The predicted molar refractivity (Wildman–Crippen MR) is 143 cm³/mol. The zero-order valence-electron chi connectivity index (χ0n) is 18.5. The van der Waals surface area contributed by atoms with Crippen LogP contribution in [0.2, 0.25) is 0 Å². The molecule has 4 aromatic carbocycles. The van der Waals surface area contributed by atoms with Gasteiger partial charge in [0.2, 0.25) is 0 Å². The summed E-state index contributed by atoms with van der Waals surface area (Å²) in [5.41, 5.74) is 11.4. The highest BCUT2D eigenvalue weighted by molar-refractivity contribution is 6.23. The van der Waals surface area contributed by atoms with E-state index in [1.54, 1.807) is 0 Å². The molecule has 4 aromatic rings. The van der Waals surface area contributed by atoms with Crippen molar-refractivity contribution in [1.29, 1.82) is 0 Å². The van der Waals surface area contributed by atoms with E-state index in [1.807, 2.05) is 0 Å². The molecule has 0 amide bonds. The standard InChI is InChI=1S/C34H20/c1-2-9-22-21(8-1)24-12-5-13-25-23-15-14-20-16-29-26-10-3-6-19-7-4-11-27(33(19)26)31(29)17-28(20)30(23)18-32(22)34(24)25/h1-18,31,33H.